The van der Waals surface area contributed by atoms with Crippen LogP contribution < -0.4 is 10.2 Å². The molecular weight excluding hydrogens is 412 g/mol. The number of carbonyl (C=O) groups excluding carboxylic acids is 2. The summed E-state index contributed by atoms with van der Waals surface area (Å²) in [6.07, 6.45) is 5.99. The van der Waals surface area contributed by atoms with Gasteiger partial charge in [-0.2, -0.15) is 0 Å². The Kier molecular flexibility index (Phi) is 6.93. The van der Waals surface area contributed by atoms with Gasteiger partial charge < -0.3 is 15.0 Å². The van der Waals surface area contributed by atoms with Gasteiger partial charge >= 0.3 is 0 Å². The highest BCUT2D eigenvalue weighted by Crippen LogP contribution is 2.32. The number of hydrogen-bond donors (Lipinski definition) is 1. The fraction of sp³-hybridized carbons (Fsp3) is 0.440. The number of halogens is 1. The second kappa shape index (κ2) is 9.84. The van der Waals surface area contributed by atoms with E-state index in [-0.39, 0.29) is 17.9 Å². The van der Waals surface area contributed by atoms with Crippen molar-refractivity contribution in [3.63, 3.8) is 0 Å². The molecule has 1 atom stereocenters. The van der Waals surface area contributed by atoms with E-state index in [9.17, 15) is 9.59 Å². The van der Waals surface area contributed by atoms with Crippen LogP contribution >= 0.6 is 11.6 Å². The van der Waals surface area contributed by atoms with Crippen LogP contribution in [0.2, 0.25) is 5.02 Å². The quantitative estimate of drug-likeness (QED) is 0.618. The first-order valence-electron chi connectivity index (χ1n) is 11.2. The zero-order valence-electron chi connectivity index (χ0n) is 17.9. The number of benzene rings is 2. The minimum absolute atomic E-state index is 0.0979. The molecular formula is C25H29ClN2O3. The summed E-state index contributed by atoms with van der Waals surface area (Å²) >= 11 is 5.98. The van der Waals surface area contributed by atoms with E-state index in [1.54, 1.807) is 0 Å². The predicted molar refractivity (Wildman–Crippen MR) is 123 cm³/mol. The molecule has 1 N–H and O–H groups in total. The Morgan fingerprint density at radius 1 is 1.16 bits per heavy atom. The topological polar surface area (TPSA) is 58.6 Å². The fourth-order valence-electron chi connectivity index (χ4n) is 4.41. The molecule has 1 saturated carbocycles. The summed E-state index contributed by atoms with van der Waals surface area (Å²) in [6.45, 7) is 2.48. The van der Waals surface area contributed by atoms with Gasteiger partial charge in [-0.15, -0.1) is 0 Å². The number of nitrogens with one attached hydrogen (secondary N) is 1. The molecule has 0 aromatic heterocycles. The van der Waals surface area contributed by atoms with Crippen molar-refractivity contribution in [2.24, 2.45) is 0 Å². The molecule has 2 aliphatic rings. The van der Waals surface area contributed by atoms with Crippen LogP contribution in [0.25, 0.3) is 0 Å². The van der Waals surface area contributed by atoms with Crippen LogP contribution in [0, 0.1) is 0 Å². The maximum absolute atomic E-state index is 12.8. The number of ether oxygens (including phenoxy) is 1. The van der Waals surface area contributed by atoms with Crippen molar-refractivity contribution in [3.05, 3.63) is 58.6 Å². The highest BCUT2D eigenvalue weighted by molar-refractivity contribution is 6.30. The summed E-state index contributed by atoms with van der Waals surface area (Å²) in [6, 6.07) is 13.3. The molecule has 6 heteroatoms. The largest absolute Gasteiger partial charge is 0.365 e. The van der Waals surface area contributed by atoms with Crippen molar-refractivity contribution < 1.29 is 14.3 Å². The lowest BCUT2D eigenvalue weighted by atomic mass is 9.99. The Balaban J connectivity index is 1.46. The molecule has 2 aromatic carbocycles. The first-order chi connectivity index (χ1) is 15.0. The molecule has 0 saturated heterocycles. The van der Waals surface area contributed by atoms with Gasteiger partial charge in [0.15, 0.2) is 0 Å². The maximum atomic E-state index is 12.8. The summed E-state index contributed by atoms with van der Waals surface area (Å²) < 4.78 is 6.04. The van der Waals surface area contributed by atoms with E-state index in [1.807, 2.05) is 54.3 Å². The Hall–Kier alpha value is -2.37. The van der Waals surface area contributed by atoms with Gasteiger partial charge in [0, 0.05) is 22.8 Å². The van der Waals surface area contributed by atoms with E-state index in [1.165, 1.54) is 12.8 Å². The fourth-order valence-corrected chi connectivity index (χ4v) is 4.53. The number of aryl methyl sites for hydroxylation is 1. The SMILES string of the molecule is CCC(OC1CCCC1)C(=O)Nc1ccc2c(c1)CCC(=O)N2Cc1ccc(Cl)cc1. The molecule has 1 unspecified atom stereocenters. The Morgan fingerprint density at radius 2 is 1.90 bits per heavy atom. The summed E-state index contributed by atoms with van der Waals surface area (Å²) in [5.74, 6) is 0.00880. The molecule has 164 valence electrons. The number of rotatable bonds is 7. The monoisotopic (exact) mass is 440 g/mol. The molecule has 2 amide bonds. The molecule has 1 aliphatic heterocycles. The number of fused-ring (bicyclic) bond motifs is 1. The van der Waals surface area contributed by atoms with E-state index >= 15 is 0 Å². The zero-order valence-corrected chi connectivity index (χ0v) is 18.7. The van der Waals surface area contributed by atoms with E-state index in [0.717, 1.165) is 35.3 Å². The average Bonchev–Trinajstić information content (AvgIpc) is 3.28. The van der Waals surface area contributed by atoms with Crippen molar-refractivity contribution in [2.45, 2.75) is 70.6 Å². The Morgan fingerprint density at radius 3 is 2.61 bits per heavy atom. The molecule has 2 aromatic rings. The summed E-state index contributed by atoms with van der Waals surface area (Å²) in [4.78, 5) is 27.2. The molecule has 31 heavy (non-hydrogen) atoms. The van der Waals surface area contributed by atoms with Crippen LogP contribution in [0.15, 0.2) is 42.5 Å². The highest BCUT2D eigenvalue weighted by Gasteiger charge is 2.27. The third kappa shape index (κ3) is 5.28. The van der Waals surface area contributed by atoms with Crippen molar-refractivity contribution in [3.8, 4) is 0 Å². The molecule has 0 spiro atoms. The first kappa shape index (κ1) is 21.8. The normalized spacial score (nSPS) is 17.5. The van der Waals surface area contributed by atoms with Gasteiger partial charge in [-0.3, -0.25) is 9.59 Å². The average molecular weight is 441 g/mol. The smallest absolute Gasteiger partial charge is 0.253 e. The van der Waals surface area contributed by atoms with E-state index < -0.39 is 6.10 Å². The lowest BCUT2D eigenvalue weighted by Gasteiger charge is -2.30. The van der Waals surface area contributed by atoms with Gasteiger partial charge in [-0.05, 0) is 67.1 Å². The lowest BCUT2D eigenvalue weighted by molar-refractivity contribution is -0.131. The van der Waals surface area contributed by atoms with Crippen LogP contribution in [-0.4, -0.2) is 24.0 Å². The van der Waals surface area contributed by atoms with Crippen molar-refractivity contribution in [2.75, 3.05) is 10.2 Å². The molecule has 1 aliphatic carbocycles. The van der Waals surface area contributed by atoms with Gasteiger partial charge in [0.1, 0.15) is 6.10 Å². The summed E-state index contributed by atoms with van der Waals surface area (Å²) in [5, 5.41) is 3.69. The van der Waals surface area contributed by atoms with Gasteiger partial charge in [0.25, 0.3) is 5.91 Å². The molecule has 0 radical (unpaired) electrons. The van der Waals surface area contributed by atoms with E-state index in [0.29, 0.717) is 30.8 Å². The van der Waals surface area contributed by atoms with Crippen LogP contribution in [0.4, 0.5) is 11.4 Å². The number of carbonyl (C=O) groups is 2. The molecule has 1 fully saturated rings. The van der Waals surface area contributed by atoms with Gasteiger partial charge in [0.05, 0.1) is 12.6 Å². The van der Waals surface area contributed by atoms with Crippen LogP contribution in [0.3, 0.4) is 0 Å². The second-order valence-corrected chi connectivity index (χ2v) is 8.81. The van der Waals surface area contributed by atoms with Crippen LogP contribution in [0.5, 0.6) is 0 Å². The van der Waals surface area contributed by atoms with Crippen molar-refractivity contribution in [1.82, 2.24) is 0 Å². The Bertz CT molecular complexity index is 938. The number of amides is 2. The first-order valence-corrected chi connectivity index (χ1v) is 11.6. The molecule has 5 nitrogen and oxygen atoms in total. The second-order valence-electron chi connectivity index (χ2n) is 8.38. The molecule has 4 rings (SSSR count). The predicted octanol–water partition coefficient (Wildman–Crippen LogP) is 5.50. The summed E-state index contributed by atoms with van der Waals surface area (Å²) in [7, 11) is 0. The van der Waals surface area contributed by atoms with Crippen molar-refractivity contribution in [1.29, 1.82) is 0 Å². The van der Waals surface area contributed by atoms with Gasteiger partial charge in [-0.1, -0.05) is 43.5 Å². The standard InChI is InChI=1S/C25H29ClN2O3/c1-2-23(31-21-5-3-4-6-21)25(30)27-20-12-13-22-18(15-20)9-14-24(29)28(22)16-17-7-10-19(26)11-8-17/h7-8,10-13,15,21,23H,2-6,9,14,16H2,1H3,(H,27,30). The van der Waals surface area contributed by atoms with Crippen LogP contribution in [0.1, 0.15) is 56.6 Å². The number of hydrogen-bond acceptors (Lipinski definition) is 3. The maximum Gasteiger partial charge on any atom is 0.253 e. The van der Waals surface area contributed by atoms with Gasteiger partial charge in [0.2, 0.25) is 5.91 Å². The number of nitrogens with zero attached hydrogens (tertiary/aromatic N) is 1. The van der Waals surface area contributed by atoms with E-state index in [2.05, 4.69) is 5.32 Å². The molecule has 1 heterocycles. The minimum Gasteiger partial charge on any atom is -0.365 e. The van der Waals surface area contributed by atoms with Crippen molar-refractivity contribution >= 4 is 34.8 Å². The minimum atomic E-state index is -0.429. The van der Waals surface area contributed by atoms with E-state index in [4.69, 9.17) is 16.3 Å². The highest BCUT2D eigenvalue weighted by atomic mass is 35.5. The van der Waals surface area contributed by atoms with Crippen LogP contribution in [-0.2, 0) is 27.3 Å². The lowest BCUT2D eigenvalue weighted by Crippen LogP contribution is -2.35. The Labute approximate surface area is 188 Å². The zero-order chi connectivity index (χ0) is 21.8. The number of anilines is 2. The summed E-state index contributed by atoms with van der Waals surface area (Å²) in [5.41, 5.74) is 3.74. The third-order valence-corrected chi connectivity index (χ3v) is 6.38. The van der Waals surface area contributed by atoms with Gasteiger partial charge in [-0.25, -0.2) is 0 Å². The molecule has 0 bridgehead atoms. The third-order valence-electron chi connectivity index (χ3n) is 6.12.